The summed E-state index contributed by atoms with van der Waals surface area (Å²) in [5.74, 6) is -0.278. The van der Waals surface area contributed by atoms with Crippen molar-refractivity contribution in [3.63, 3.8) is 0 Å². The van der Waals surface area contributed by atoms with Crippen molar-refractivity contribution in [3.8, 4) is 0 Å². The van der Waals surface area contributed by atoms with E-state index >= 15 is 0 Å². The number of benzene rings is 1. The maximum Gasteiger partial charge on any atom is 0.141 e. The van der Waals surface area contributed by atoms with Crippen molar-refractivity contribution in [1.82, 2.24) is 24.6 Å². The molecule has 6 heteroatoms. The number of hydrogen-bond donors (Lipinski definition) is 0. The van der Waals surface area contributed by atoms with E-state index in [-0.39, 0.29) is 11.9 Å². The molecule has 2 aromatic heterocycles. The Morgan fingerprint density at radius 1 is 1.00 bits per heavy atom. The molecule has 0 aliphatic carbocycles. The van der Waals surface area contributed by atoms with Crippen LogP contribution in [0.15, 0.2) is 60.9 Å². The van der Waals surface area contributed by atoms with Gasteiger partial charge >= 0.3 is 0 Å². The summed E-state index contributed by atoms with van der Waals surface area (Å²) >= 11 is 0. The molecule has 1 unspecified atom stereocenters. The van der Waals surface area contributed by atoms with Gasteiger partial charge < -0.3 is 4.90 Å². The molecular weight excluding hydrogens is 353 g/mol. The first-order valence-corrected chi connectivity index (χ1v) is 9.80. The average molecular weight is 379 g/mol. The number of rotatable bonds is 6. The molecule has 1 aromatic carbocycles. The quantitative estimate of drug-likeness (QED) is 0.660. The molecule has 1 aliphatic rings. The Morgan fingerprint density at radius 2 is 1.79 bits per heavy atom. The highest BCUT2D eigenvalue weighted by atomic mass is 19.1. The van der Waals surface area contributed by atoms with Crippen LogP contribution in [0.2, 0.25) is 0 Å². The van der Waals surface area contributed by atoms with E-state index in [0.29, 0.717) is 0 Å². The number of nitrogens with zero attached hydrogens (tertiary/aromatic N) is 5. The van der Waals surface area contributed by atoms with Crippen LogP contribution in [-0.2, 0) is 13.5 Å². The Labute approximate surface area is 165 Å². The van der Waals surface area contributed by atoms with Crippen LogP contribution in [0.25, 0.3) is 0 Å². The van der Waals surface area contributed by atoms with Crippen LogP contribution in [0, 0.1) is 5.82 Å². The Bertz CT molecular complexity index is 869. The fourth-order valence-corrected chi connectivity index (χ4v) is 3.93. The molecule has 0 radical (unpaired) electrons. The molecule has 0 saturated carbocycles. The summed E-state index contributed by atoms with van der Waals surface area (Å²) < 4.78 is 15.0. The second-order valence-corrected chi connectivity index (χ2v) is 7.29. The zero-order valence-corrected chi connectivity index (χ0v) is 16.2. The zero-order valence-electron chi connectivity index (χ0n) is 16.2. The molecule has 146 valence electrons. The van der Waals surface area contributed by atoms with Crippen molar-refractivity contribution in [3.05, 3.63) is 83.7 Å². The zero-order chi connectivity index (χ0) is 19.3. The lowest BCUT2D eigenvalue weighted by Gasteiger charge is -2.39. The Balaban J connectivity index is 1.40. The predicted molar refractivity (Wildman–Crippen MR) is 107 cm³/mol. The van der Waals surface area contributed by atoms with Gasteiger partial charge in [-0.15, -0.1) is 0 Å². The minimum Gasteiger partial charge on any atom is -0.300 e. The molecule has 3 aromatic rings. The first kappa shape index (κ1) is 18.8. The van der Waals surface area contributed by atoms with Gasteiger partial charge in [0.1, 0.15) is 5.82 Å². The van der Waals surface area contributed by atoms with Gasteiger partial charge in [-0.05, 0) is 23.8 Å². The predicted octanol–water partition coefficient (Wildman–Crippen LogP) is 2.90. The summed E-state index contributed by atoms with van der Waals surface area (Å²) in [6, 6.07) is 16.3. The average Bonchev–Trinajstić information content (AvgIpc) is 3.15. The summed E-state index contributed by atoms with van der Waals surface area (Å²) in [6.07, 6.45) is 4.02. The van der Waals surface area contributed by atoms with Gasteiger partial charge in [0, 0.05) is 58.1 Å². The minimum atomic E-state index is -0.278. The van der Waals surface area contributed by atoms with E-state index in [9.17, 15) is 4.39 Å². The fraction of sp³-hybridized carbons (Fsp3) is 0.364. The van der Waals surface area contributed by atoms with Crippen molar-refractivity contribution in [2.45, 2.75) is 12.5 Å². The van der Waals surface area contributed by atoms with Gasteiger partial charge in [0.2, 0.25) is 0 Å². The van der Waals surface area contributed by atoms with E-state index in [1.54, 1.807) is 6.07 Å². The first-order chi connectivity index (χ1) is 13.7. The topological polar surface area (TPSA) is 37.2 Å². The van der Waals surface area contributed by atoms with E-state index in [0.717, 1.165) is 44.8 Å². The lowest BCUT2D eigenvalue weighted by atomic mass is 10.0. The van der Waals surface area contributed by atoms with Crippen LogP contribution in [0.4, 0.5) is 4.39 Å². The van der Waals surface area contributed by atoms with E-state index in [1.165, 1.54) is 23.5 Å². The molecule has 28 heavy (non-hydrogen) atoms. The minimum absolute atomic E-state index is 0.217. The van der Waals surface area contributed by atoms with Gasteiger partial charge in [-0.3, -0.25) is 14.6 Å². The van der Waals surface area contributed by atoms with Gasteiger partial charge in [0.15, 0.2) is 0 Å². The van der Waals surface area contributed by atoms with Crippen LogP contribution in [0.5, 0.6) is 0 Å². The summed E-state index contributed by atoms with van der Waals surface area (Å²) in [5, 5.41) is 4.39. The maximum atomic E-state index is 13.0. The second-order valence-electron chi connectivity index (χ2n) is 7.29. The lowest BCUT2D eigenvalue weighted by molar-refractivity contribution is 0.107. The highest BCUT2D eigenvalue weighted by Gasteiger charge is 2.28. The summed E-state index contributed by atoms with van der Waals surface area (Å²) in [7, 11) is 2.01. The third-order valence-electron chi connectivity index (χ3n) is 5.50. The van der Waals surface area contributed by atoms with E-state index in [2.05, 4.69) is 56.3 Å². The van der Waals surface area contributed by atoms with Crippen LogP contribution in [-0.4, -0.2) is 57.3 Å². The SMILES string of the molecule is Cn1nccc1C(c1ccccc1)N1CCN(CCc2ccc(F)cn2)CC1. The molecule has 1 atom stereocenters. The number of aromatic nitrogens is 3. The molecule has 1 saturated heterocycles. The summed E-state index contributed by atoms with van der Waals surface area (Å²) in [4.78, 5) is 9.17. The van der Waals surface area contributed by atoms with Crippen molar-refractivity contribution < 1.29 is 4.39 Å². The summed E-state index contributed by atoms with van der Waals surface area (Å²) in [5.41, 5.74) is 3.46. The van der Waals surface area contributed by atoms with Crippen molar-refractivity contribution in [1.29, 1.82) is 0 Å². The molecule has 0 spiro atoms. The first-order valence-electron chi connectivity index (χ1n) is 9.80. The highest BCUT2D eigenvalue weighted by molar-refractivity contribution is 5.28. The molecule has 0 bridgehead atoms. The van der Waals surface area contributed by atoms with Crippen LogP contribution in [0.1, 0.15) is 23.0 Å². The number of pyridine rings is 1. The number of halogens is 1. The number of aryl methyl sites for hydroxylation is 1. The standard InChI is InChI=1S/C22H26FN5/c1-26-21(9-11-25-26)22(18-5-3-2-4-6-18)28-15-13-27(14-16-28)12-10-20-8-7-19(23)17-24-20/h2-9,11,17,22H,10,12-16H2,1H3. The molecular formula is C22H26FN5. The third kappa shape index (κ3) is 4.29. The smallest absolute Gasteiger partial charge is 0.141 e. The van der Waals surface area contributed by atoms with Gasteiger partial charge in [0.05, 0.1) is 17.9 Å². The molecule has 5 nitrogen and oxygen atoms in total. The fourth-order valence-electron chi connectivity index (χ4n) is 3.93. The van der Waals surface area contributed by atoms with E-state index in [1.807, 2.05) is 17.9 Å². The normalized spacial score (nSPS) is 16.9. The highest BCUT2D eigenvalue weighted by Crippen LogP contribution is 2.29. The Morgan fingerprint density at radius 3 is 2.43 bits per heavy atom. The Kier molecular flexibility index (Phi) is 5.78. The Hall–Kier alpha value is -2.57. The molecule has 3 heterocycles. The van der Waals surface area contributed by atoms with Gasteiger partial charge in [0.25, 0.3) is 0 Å². The van der Waals surface area contributed by atoms with E-state index in [4.69, 9.17) is 0 Å². The molecule has 0 N–H and O–H groups in total. The number of piperazine rings is 1. The molecule has 1 fully saturated rings. The van der Waals surface area contributed by atoms with Gasteiger partial charge in [-0.2, -0.15) is 5.10 Å². The number of hydrogen-bond acceptors (Lipinski definition) is 4. The molecule has 4 rings (SSSR count). The maximum absolute atomic E-state index is 13.0. The van der Waals surface area contributed by atoms with Gasteiger partial charge in [-0.1, -0.05) is 30.3 Å². The van der Waals surface area contributed by atoms with Crippen molar-refractivity contribution >= 4 is 0 Å². The second kappa shape index (κ2) is 8.63. The van der Waals surface area contributed by atoms with Crippen molar-refractivity contribution in [2.75, 3.05) is 32.7 Å². The lowest BCUT2D eigenvalue weighted by Crippen LogP contribution is -2.48. The monoisotopic (exact) mass is 379 g/mol. The van der Waals surface area contributed by atoms with Gasteiger partial charge in [-0.25, -0.2) is 4.39 Å². The largest absolute Gasteiger partial charge is 0.300 e. The van der Waals surface area contributed by atoms with E-state index < -0.39 is 0 Å². The molecule has 0 amide bonds. The summed E-state index contributed by atoms with van der Waals surface area (Å²) in [6.45, 7) is 4.99. The molecule has 1 aliphatic heterocycles. The van der Waals surface area contributed by atoms with Crippen LogP contribution in [0.3, 0.4) is 0 Å². The third-order valence-corrected chi connectivity index (χ3v) is 5.50. The van der Waals surface area contributed by atoms with Crippen LogP contribution < -0.4 is 0 Å². The van der Waals surface area contributed by atoms with Crippen LogP contribution >= 0.6 is 0 Å². The van der Waals surface area contributed by atoms with Crippen molar-refractivity contribution in [2.24, 2.45) is 7.05 Å².